The molecule has 0 spiro atoms. The van der Waals surface area contributed by atoms with E-state index in [1.165, 1.54) is 13.1 Å². The highest BCUT2D eigenvalue weighted by Gasteiger charge is 2.30. The molecular formula is C15H10Cl2N2O3. The Kier molecular flexibility index (Phi) is 3.68. The zero-order chi connectivity index (χ0) is 15.9. The molecular weight excluding hydrogens is 327 g/mol. The van der Waals surface area contributed by atoms with E-state index in [2.05, 4.69) is 5.32 Å². The largest absolute Gasteiger partial charge is 0.457 e. The maximum absolute atomic E-state index is 11.8. The molecule has 1 aliphatic heterocycles. The molecule has 7 heteroatoms. The summed E-state index contributed by atoms with van der Waals surface area (Å²) in [5, 5.41) is 3.46. The van der Waals surface area contributed by atoms with Crippen LogP contribution < -0.4 is 5.32 Å². The second-order valence-electron chi connectivity index (χ2n) is 4.68. The van der Waals surface area contributed by atoms with Crippen molar-refractivity contribution in [3.8, 4) is 11.3 Å². The summed E-state index contributed by atoms with van der Waals surface area (Å²) in [6.07, 6.45) is 1.47. The molecule has 3 amide bonds. The van der Waals surface area contributed by atoms with Crippen LogP contribution in [0.2, 0.25) is 10.0 Å². The van der Waals surface area contributed by atoms with Gasteiger partial charge in [0.25, 0.3) is 5.91 Å². The van der Waals surface area contributed by atoms with E-state index in [-0.39, 0.29) is 5.70 Å². The molecule has 1 N–H and O–H groups in total. The summed E-state index contributed by atoms with van der Waals surface area (Å²) in [4.78, 5) is 24.2. The minimum Gasteiger partial charge on any atom is -0.457 e. The maximum atomic E-state index is 11.8. The van der Waals surface area contributed by atoms with Gasteiger partial charge in [0, 0.05) is 23.7 Å². The summed E-state index contributed by atoms with van der Waals surface area (Å²) in [5.74, 6) is 0.561. The quantitative estimate of drug-likeness (QED) is 0.670. The normalized spacial score (nSPS) is 16.5. The van der Waals surface area contributed by atoms with Gasteiger partial charge < -0.3 is 9.73 Å². The van der Waals surface area contributed by atoms with E-state index in [1.807, 2.05) is 0 Å². The van der Waals surface area contributed by atoms with Gasteiger partial charge in [0.1, 0.15) is 17.2 Å². The van der Waals surface area contributed by atoms with Crippen LogP contribution in [0, 0.1) is 0 Å². The number of urea groups is 1. The third-order valence-corrected chi connectivity index (χ3v) is 3.74. The molecule has 0 aliphatic carbocycles. The Morgan fingerprint density at radius 3 is 2.59 bits per heavy atom. The van der Waals surface area contributed by atoms with Crippen LogP contribution in [0.1, 0.15) is 5.76 Å². The van der Waals surface area contributed by atoms with Gasteiger partial charge in [0.05, 0.1) is 5.02 Å². The molecule has 5 nitrogen and oxygen atoms in total. The van der Waals surface area contributed by atoms with Gasteiger partial charge in [-0.3, -0.25) is 9.69 Å². The number of furan rings is 1. The van der Waals surface area contributed by atoms with Crippen molar-refractivity contribution in [3.63, 3.8) is 0 Å². The molecule has 3 rings (SSSR count). The summed E-state index contributed by atoms with van der Waals surface area (Å²) in [7, 11) is 1.40. The fraction of sp³-hybridized carbons (Fsp3) is 0.0667. The van der Waals surface area contributed by atoms with Crippen molar-refractivity contribution in [3.05, 3.63) is 51.8 Å². The van der Waals surface area contributed by atoms with Gasteiger partial charge in [-0.25, -0.2) is 4.79 Å². The number of nitrogens with one attached hydrogen (secondary N) is 1. The number of amides is 3. The van der Waals surface area contributed by atoms with E-state index in [1.54, 1.807) is 30.3 Å². The molecule has 0 unspecified atom stereocenters. The predicted molar refractivity (Wildman–Crippen MR) is 83.4 cm³/mol. The van der Waals surface area contributed by atoms with Crippen LogP contribution in [0.25, 0.3) is 17.4 Å². The Balaban J connectivity index is 1.92. The highest BCUT2D eigenvalue weighted by Crippen LogP contribution is 2.32. The van der Waals surface area contributed by atoms with E-state index < -0.39 is 11.9 Å². The molecule has 112 valence electrons. The number of rotatable bonds is 2. The fourth-order valence-corrected chi connectivity index (χ4v) is 2.53. The predicted octanol–water partition coefficient (Wildman–Crippen LogP) is 3.78. The monoisotopic (exact) mass is 336 g/mol. The number of hydrogen-bond donors (Lipinski definition) is 1. The lowest BCUT2D eigenvalue weighted by Crippen LogP contribution is -2.25. The minimum absolute atomic E-state index is 0.163. The van der Waals surface area contributed by atoms with Gasteiger partial charge in [-0.2, -0.15) is 0 Å². The highest BCUT2D eigenvalue weighted by molar-refractivity contribution is 6.36. The lowest BCUT2D eigenvalue weighted by atomic mass is 10.2. The molecule has 0 radical (unpaired) electrons. The van der Waals surface area contributed by atoms with Gasteiger partial charge in [-0.05, 0) is 30.3 Å². The number of carbonyl (C=O) groups is 2. The van der Waals surface area contributed by atoms with Crippen molar-refractivity contribution in [2.24, 2.45) is 0 Å². The average Bonchev–Trinajstić information content (AvgIpc) is 3.01. The standard InChI is InChI=1S/C15H10Cl2N2O3/c1-19-14(20)12(18-15(19)21)7-9-3-5-13(22-9)10-4-2-8(16)6-11(10)17/h2-7H,1H3,(H,18,21)/b12-7-. The molecule has 1 saturated heterocycles. The third-order valence-electron chi connectivity index (χ3n) is 3.19. The van der Waals surface area contributed by atoms with Crippen molar-refractivity contribution >= 4 is 41.2 Å². The Morgan fingerprint density at radius 1 is 1.18 bits per heavy atom. The Morgan fingerprint density at radius 2 is 1.95 bits per heavy atom. The van der Waals surface area contributed by atoms with Crippen LogP contribution in [-0.2, 0) is 4.79 Å². The third kappa shape index (κ3) is 2.61. The van der Waals surface area contributed by atoms with E-state index in [0.717, 1.165) is 4.90 Å². The van der Waals surface area contributed by atoms with Gasteiger partial charge >= 0.3 is 6.03 Å². The van der Waals surface area contributed by atoms with Gasteiger partial charge in [-0.1, -0.05) is 23.2 Å². The lowest BCUT2D eigenvalue weighted by Gasteiger charge is -2.01. The van der Waals surface area contributed by atoms with Crippen LogP contribution in [-0.4, -0.2) is 23.9 Å². The van der Waals surface area contributed by atoms with Gasteiger partial charge in [0.15, 0.2) is 0 Å². The molecule has 0 bridgehead atoms. The number of hydrogen-bond acceptors (Lipinski definition) is 3. The van der Waals surface area contributed by atoms with E-state index >= 15 is 0 Å². The Bertz CT molecular complexity index is 811. The summed E-state index contributed by atoms with van der Waals surface area (Å²) in [6.45, 7) is 0. The fourth-order valence-electron chi connectivity index (χ4n) is 2.03. The van der Waals surface area contributed by atoms with Crippen molar-refractivity contribution in [2.75, 3.05) is 7.05 Å². The Labute approximate surface area is 136 Å². The van der Waals surface area contributed by atoms with Crippen LogP contribution >= 0.6 is 23.2 Å². The lowest BCUT2D eigenvalue weighted by molar-refractivity contribution is -0.121. The highest BCUT2D eigenvalue weighted by atomic mass is 35.5. The molecule has 1 aliphatic rings. The number of halogens is 2. The first-order chi connectivity index (χ1) is 10.5. The molecule has 22 heavy (non-hydrogen) atoms. The first-order valence-corrected chi connectivity index (χ1v) is 7.07. The number of benzene rings is 1. The van der Waals surface area contributed by atoms with Crippen molar-refractivity contribution in [2.45, 2.75) is 0 Å². The molecule has 2 heterocycles. The second kappa shape index (κ2) is 5.51. The molecule has 0 saturated carbocycles. The van der Waals surface area contributed by atoms with E-state index in [0.29, 0.717) is 27.1 Å². The molecule has 2 aromatic rings. The topological polar surface area (TPSA) is 62.6 Å². The number of carbonyl (C=O) groups excluding carboxylic acids is 2. The van der Waals surface area contributed by atoms with Gasteiger partial charge in [0.2, 0.25) is 0 Å². The smallest absolute Gasteiger partial charge is 0.328 e. The molecule has 1 aromatic heterocycles. The summed E-state index contributed by atoms with van der Waals surface area (Å²) < 4.78 is 5.65. The van der Waals surface area contributed by atoms with Crippen LogP contribution in [0.5, 0.6) is 0 Å². The molecule has 0 atom stereocenters. The average molecular weight is 337 g/mol. The number of likely N-dealkylation sites (N-methyl/N-ethyl adjacent to an activating group) is 1. The van der Waals surface area contributed by atoms with Crippen LogP contribution in [0.4, 0.5) is 4.79 Å². The maximum Gasteiger partial charge on any atom is 0.328 e. The summed E-state index contributed by atoms with van der Waals surface area (Å²) >= 11 is 12.0. The zero-order valence-electron chi connectivity index (χ0n) is 11.4. The number of nitrogens with zero attached hydrogens (tertiary/aromatic N) is 1. The van der Waals surface area contributed by atoms with Gasteiger partial charge in [-0.15, -0.1) is 0 Å². The summed E-state index contributed by atoms with van der Waals surface area (Å²) in [5.41, 5.74) is 0.852. The van der Waals surface area contributed by atoms with E-state index in [4.69, 9.17) is 27.6 Å². The molecule has 1 fully saturated rings. The van der Waals surface area contributed by atoms with Crippen molar-refractivity contribution in [1.82, 2.24) is 10.2 Å². The zero-order valence-corrected chi connectivity index (χ0v) is 12.9. The van der Waals surface area contributed by atoms with Crippen LogP contribution in [0.15, 0.2) is 40.4 Å². The Hall–Kier alpha value is -2.24. The first kappa shape index (κ1) is 14.7. The first-order valence-electron chi connectivity index (χ1n) is 6.31. The minimum atomic E-state index is -0.469. The second-order valence-corrected chi connectivity index (χ2v) is 5.52. The molecule has 1 aromatic carbocycles. The van der Waals surface area contributed by atoms with Crippen LogP contribution in [0.3, 0.4) is 0 Å². The summed E-state index contributed by atoms with van der Waals surface area (Å²) in [6, 6.07) is 8.02. The number of imide groups is 1. The van der Waals surface area contributed by atoms with E-state index in [9.17, 15) is 9.59 Å². The van der Waals surface area contributed by atoms with Crippen molar-refractivity contribution in [1.29, 1.82) is 0 Å². The van der Waals surface area contributed by atoms with Crippen molar-refractivity contribution < 1.29 is 14.0 Å². The SMILES string of the molecule is CN1C(=O)N/C(=C\c2ccc(-c3ccc(Cl)cc3Cl)o2)C1=O.